The maximum Gasteiger partial charge on any atom is 0.333 e. The van der Waals surface area contributed by atoms with Crippen molar-refractivity contribution in [1.29, 1.82) is 0 Å². The number of rotatable bonds is 53. The predicted molar refractivity (Wildman–Crippen MR) is 424 cm³/mol. The summed E-state index contributed by atoms with van der Waals surface area (Å²) in [4.78, 5) is 301. The van der Waals surface area contributed by atoms with Crippen LogP contribution in [0.3, 0.4) is 0 Å². The highest BCUT2D eigenvalue weighted by atomic mass is 16.7. The quantitative estimate of drug-likeness (QED) is 0.0124. The molecule has 4 rings (SSSR count). The molecule has 0 radical (unpaired) electrons. The summed E-state index contributed by atoms with van der Waals surface area (Å²) in [6.45, 7) is 9.62. The van der Waals surface area contributed by atoms with Crippen molar-refractivity contribution in [3.05, 3.63) is 0 Å². The summed E-state index contributed by atoms with van der Waals surface area (Å²) in [6, 6.07) is -5.35. The molecule has 704 valence electrons. The Bertz CT molecular complexity index is 3750. The number of imide groups is 1. The molecule has 0 bridgehead atoms. The summed E-state index contributed by atoms with van der Waals surface area (Å²) in [7, 11) is 0. The summed E-state index contributed by atoms with van der Waals surface area (Å²) >= 11 is 0. The number of nitrogens with one attached hydrogen (secondary N) is 7. The smallest absolute Gasteiger partial charge is 0.333 e. The second-order valence-corrected chi connectivity index (χ2v) is 30.5. The van der Waals surface area contributed by atoms with Crippen LogP contribution in [0.4, 0.5) is 0 Å². The Kier molecular flexibility index (Phi) is 46.7. The van der Waals surface area contributed by atoms with Crippen LogP contribution in [0.2, 0.25) is 0 Å². The number of Topliss-reactive ketones (excluding diaryl/α,β-unsaturated/α-hetero) is 3. The van der Waals surface area contributed by atoms with E-state index in [2.05, 4.69) is 37.2 Å². The van der Waals surface area contributed by atoms with E-state index in [1.54, 1.807) is 0 Å². The Morgan fingerprint density at radius 2 is 0.675 bits per heavy atom. The van der Waals surface area contributed by atoms with Crippen molar-refractivity contribution in [2.24, 2.45) is 0 Å². The molecule has 4 fully saturated rings. The zero-order chi connectivity index (χ0) is 94.0. The topological polar surface area (TPSA) is 603 Å². The van der Waals surface area contributed by atoms with Crippen molar-refractivity contribution >= 4 is 136 Å². The van der Waals surface area contributed by atoms with Gasteiger partial charge < -0.3 is 104 Å². The summed E-state index contributed by atoms with van der Waals surface area (Å²) < 4.78 is 67.1. The molecule has 16 atom stereocenters. The van der Waals surface area contributed by atoms with Gasteiger partial charge in [0.05, 0.1) is 36.4 Å². The molecule has 0 aliphatic carbocycles. The number of ketones is 3. The van der Waals surface area contributed by atoms with Gasteiger partial charge in [0.25, 0.3) is 29.5 Å². The molecular weight excluding hydrogens is 1670 g/mol. The lowest BCUT2D eigenvalue weighted by atomic mass is 9.89. The maximum absolute atomic E-state index is 14.6. The van der Waals surface area contributed by atoms with Crippen LogP contribution < -0.4 is 37.2 Å². The molecule has 4 saturated heterocycles. The molecule has 0 aromatic heterocycles. The maximum atomic E-state index is 14.6. The molecule has 15 unspecified atom stereocenters. The molecule has 0 aromatic rings. The number of amides is 10. The van der Waals surface area contributed by atoms with Gasteiger partial charge in [-0.15, -0.1) is 5.06 Å². The lowest BCUT2D eigenvalue weighted by Crippen LogP contribution is -2.66. The minimum absolute atomic E-state index is 0.00914. The third-order valence-electron chi connectivity index (χ3n) is 19.9. The number of unbranched alkanes of at least 4 members (excludes halogenated alkanes) is 7. The fourth-order valence-corrected chi connectivity index (χ4v) is 14.4. The standard InChI is InChI=1S/C81H119N9O36/c1-43(91)85-69-59(123-62(40-114-46(4)94)72(117-49(7)97)75(69)120-52(10)100)27-21-24-56(103)79(111)83-36-38-89(39-37-84-80(112)57(104)25-22-28-60-70(86-44(2)92)76(121-53(11)101)73(118-50(8)98)63(124-60)41-115-47(5)95)65(106)32-31-55(78(110)82-35-20-18-16-14-13-15-17-19-30-68(109)126-90-66(107)33-34-67(90)108)88-81(113)58(105)26-23-29-61-71(87-45(3)93)77(122-54(12)102)74(119-51(9)99)64(125-61)42-116-48(6)96/h55,59-64,69-77H,13-42H2,1-12H3,(H,82,110)(H,83,111)(H,84,112)(H,85,91)(H,86,92)(H,87,93)(H,88,113)/t55-,59?,60?,61?,62?,63?,64?,69?,70?,71?,72?,73?,74?,75?,76?,77?/m0/s1. The van der Waals surface area contributed by atoms with Crippen LogP contribution in [0.5, 0.6) is 0 Å². The molecule has 4 aliphatic rings. The number of ether oxygens (including phenoxy) is 12. The molecule has 10 amide bonds. The minimum Gasteiger partial charge on any atom is -0.463 e. The molecule has 126 heavy (non-hydrogen) atoms. The number of nitrogens with zero attached hydrogens (tertiary/aromatic N) is 2. The first-order valence-electron chi connectivity index (χ1n) is 41.8. The van der Waals surface area contributed by atoms with Crippen LogP contribution in [-0.2, 0) is 172 Å². The fraction of sp³-hybridized carbons (Fsp3) is 0.716. The van der Waals surface area contributed by atoms with Gasteiger partial charge in [0.2, 0.25) is 46.9 Å². The van der Waals surface area contributed by atoms with Crippen molar-refractivity contribution in [3.8, 4) is 0 Å². The van der Waals surface area contributed by atoms with E-state index >= 15 is 0 Å². The third-order valence-corrected chi connectivity index (χ3v) is 19.9. The fourth-order valence-electron chi connectivity index (χ4n) is 14.4. The Balaban J connectivity index is 1.60. The first kappa shape index (κ1) is 107. The van der Waals surface area contributed by atoms with Gasteiger partial charge in [0, 0.05) is 161 Å². The lowest BCUT2D eigenvalue weighted by molar-refractivity contribution is -0.224. The Morgan fingerprint density at radius 3 is 1.00 bits per heavy atom. The Hall–Kier alpha value is -11.5. The Morgan fingerprint density at radius 1 is 0.357 bits per heavy atom. The zero-order valence-corrected chi connectivity index (χ0v) is 73.0. The van der Waals surface area contributed by atoms with Crippen molar-refractivity contribution in [2.45, 2.75) is 322 Å². The summed E-state index contributed by atoms with van der Waals surface area (Å²) in [5.41, 5.74) is 0. The normalized spacial score (nSPS) is 22.6. The van der Waals surface area contributed by atoms with Gasteiger partial charge in [-0.1, -0.05) is 38.5 Å². The number of hydrogen-bond acceptors (Lipinski definition) is 36. The highest BCUT2D eigenvalue weighted by Crippen LogP contribution is 2.34. The van der Waals surface area contributed by atoms with Gasteiger partial charge in [-0.3, -0.25) is 105 Å². The van der Waals surface area contributed by atoms with Crippen molar-refractivity contribution in [3.63, 3.8) is 0 Å². The average molecular weight is 1790 g/mol. The van der Waals surface area contributed by atoms with E-state index in [-0.39, 0.29) is 64.3 Å². The molecule has 0 spiro atoms. The van der Waals surface area contributed by atoms with Crippen LogP contribution in [0, 0.1) is 0 Å². The van der Waals surface area contributed by atoms with E-state index in [0.717, 1.165) is 107 Å². The van der Waals surface area contributed by atoms with E-state index in [1.165, 1.54) is 0 Å². The van der Waals surface area contributed by atoms with E-state index in [1.807, 2.05) is 0 Å². The van der Waals surface area contributed by atoms with Gasteiger partial charge >= 0.3 is 59.7 Å². The number of carbonyl (C=O) groups excluding carboxylic acids is 23. The SMILES string of the molecule is CC(=O)NC1C(CCCC(=O)C(=O)NCCN(CCNC(=O)C(=O)CCCC2OC(COC(C)=O)C(OC(C)=O)C(OC(C)=O)C2NC(C)=O)C(=O)CC[C@H](NC(=O)C(=O)CCCC2OC(COC(C)=O)C(OC(C)=O)C(OC(C)=O)C2NC(C)=O)C(=O)NCCCCCCCCCCC(=O)ON2C(=O)CCC2=O)OC(COC(C)=O)C(OC(C)=O)C1OC(C)=O. The molecule has 4 heterocycles. The van der Waals surface area contributed by atoms with E-state index in [9.17, 15) is 110 Å². The first-order chi connectivity index (χ1) is 59.5. The largest absolute Gasteiger partial charge is 0.463 e. The molecule has 45 heteroatoms. The van der Waals surface area contributed by atoms with Crippen molar-refractivity contribution in [1.82, 2.24) is 47.2 Å². The van der Waals surface area contributed by atoms with Crippen molar-refractivity contribution in [2.75, 3.05) is 52.5 Å². The Labute approximate surface area is 726 Å². The molecule has 7 N–H and O–H groups in total. The molecule has 0 saturated carbocycles. The van der Waals surface area contributed by atoms with Crippen LogP contribution in [0.1, 0.15) is 224 Å². The summed E-state index contributed by atoms with van der Waals surface area (Å²) in [5.74, 6) is -19.7. The van der Waals surface area contributed by atoms with Crippen LogP contribution >= 0.6 is 0 Å². The average Bonchev–Trinajstić information content (AvgIpc) is 0.838. The third kappa shape index (κ3) is 38.9. The summed E-state index contributed by atoms with van der Waals surface area (Å²) in [6.07, 6.45) is -14.5. The number of esters is 9. The van der Waals surface area contributed by atoms with Gasteiger partial charge in [-0.05, 0) is 57.8 Å². The molecular formula is C81H119N9O36. The number of hydroxylamine groups is 2. The van der Waals surface area contributed by atoms with Crippen molar-refractivity contribution < 1.29 is 172 Å². The van der Waals surface area contributed by atoms with Crippen LogP contribution in [0.25, 0.3) is 0 Å². The number of hydrogen-bond donors (Lipinski definition) is 7. The van der Waals surface area contributed by atoms with Gasteiger partial charge in [0.15, 0.2) is 36.6 Å². The molecule has 4 aliphatic heterocycles. The van der Waals surface area contributed by atoms with Gasteiger partial charge in [-0.2, -0.15) is 0 Å². The van der Waals surface area contributed by atoms with E-state index < -0.39 is 312 Å². The van der Waals surface area contributed by atoms with E-state index in [0.29, 0.717) is 37.2 Å². The molecule has 0 aromatic carbocycles. The highest BCUT2D eigenvalue weighted by Gasteiger charge is 2.54. The van der Waals surface area contributed by atoms with Gasteiger partial charge in [-0.25, -0.2) is 4.79 Å². The second-order valence-electron chi connectivity index (χ2n) is 30.5. The first-order valence-corrected chi connectivity index (χ1v) is 41.8. The summed E-state index contributed by atoms with van der Waals surface area (Å²) in [5, 5.41) is 18.3. The second kappa shape index (κ2) is 55.1. The minimum atomic E-state index is -1.64. The van der Waals surface area contributed by atoms with Gasteiger partial charge in [0.1, 0.15) is 44.2 Å². The lowest BCUT2D eigenvalue weighted by Gasteiger charge is -2.45. The number of carbonyl (C=O) groups is 23. The molecule has 45 nitrogen and oxygen atoms in total. The zero-order valence-electron chi connectivity index (χ0n) is 73.0. The monoisotopic (exact) mass is 1790 g/mol. The highest BCUT2D eigenvalue weighted by molar-refractivity contribution is 6.37. The van der Waals surface area contributed by atoms with E-state index in [4.69, 9.17) is 61.7 Å². The predicted octanol–water partition coefficient (Wildman–Crippen LogP) is -1.14. The van der Waals surface area contributed by atoms with Crippen LogP contribution in [0.15, 0.2) is 0 Å². The van der Waals surface area contributed by atoms with Crippen LogP contribution in [-0.4, -0.2) is 296 Å².